The maximum absolute atomic E-state index is 12.7. The Hall–Kier alpha value is -1.80. The van der Waals surface area contributed by atoms with Gasteiger partial charge in [-0.3, -0.25) is 4.79 Å². The Morgan fingerprint density at radius 1 is 1.32 bits per heavy atom. The van der Waals surface area contributed by atoms with Crippen molar-refractivity contribution in [3.63, 3.8) is 0 Å². The molecule has 138 valence electrons. The highest BCUT2D eigenvalue weighted by Gasteiger charge is 2.31. The first kappa shape index (κ1) is 18.0. The summed E-state index contributed by atoms with van der Waals surface area (Å²) in [5, 5.41) is 0. The first-order valence-corrected chi connectivity index (χ1v) is 10.0. The number of likely N-dealkylation sites (N-methyl/N-ethyl adjacent to an activating group) is 1. The number of carbonyl (C=O) groups is 1. The molecule has 3 rings (SSSR count). The molecule has 0 aromatic heterocycles. The van der Waals surface area contributed by atoms with Gasteiger partial charge in [-0.15, -0.1) is 0 Å². The van der Waals surface area contributed by atoms with Crippen LogP contribution in [0.1, 0.15) is 26.2 Å². The van der Waals surface area contributed by atoms with E-state index < -0.39 is 10.0 Å². The zero-order valence-electron chi connectivity index (χ0n) is 14.6. The van der Waals surface area contributed by atoms with Crippen LogP contribution in [-0.4, -0.2) is 58.1 Å². The number of fused-ring (bicyclic) bond motifs is 1. The molecule has 1 aromatic rings. The molecule has 2 aliphatic rings. The van der Waals surface area contributed by atoms with Crippen LogP contribution in [0.25, 0.3) is 0 Å². The normalized spacial score (nSPS) is 20.9. The second-order valence-electron chi connectivity index (χ2n) is 6.33. The zero-order chi connectivity index (χ0) is 18.0. The predicted octanol–water partition coefficient (Wildman–Crippen LogP) is 1.62. The van der Waals surface area contributed by atoms with Gasteiger partial charge >= 0.3 is 5.97 Å². The van der Waals surface area contributed by atoms with E-state index >= 15 is 0 Å². The highest BCUT2D eigenvalue weighted by atomic mass is 32.2. The van der Waals surface area contributed by atoms with Crippen LogP contribution in [0.4, 0.5) is 5.69 Å². The number of nitrogens with zero attached hydrogens (tertiary/aromatic N) is 2. The Balaban J connectivity index is 1.80. The summed E-state index contributed by atoms with van der Waals surface area (Å²) in [7, 11) is -1.59. The van der Waals surface area contributed by atoms with E-state index in [1.165, 1.54) is 4.31 Å². The lowest BCUT2D eigenvalue weighted by Crippen LogP contribution is -2.42. The van der Waals surface area contributed by atoms with E-state index in [9.17, 15) is 13.2 Å². The van der Waals surface area contributed by atoms with Crippen molar-refractivity contribution in [1.82, 2.24) is 4.31 Å². The molecule has 7 nitrogen and oxygen atoms in total. The summed E-state index contributed by atoms with van der Waals surface area (Å²) in [6.45, 7) is 3.58. The number of benzene rings is 1. The van der Waals surface area contributed by atoms with Gasteiger partial charge in [-0.1, -0.05) is 0 Å². The first-order valence-electron chi connectivity index (χ1n) is 8.59. The summed E-state index contributed by atoms with van der Waals surface area (Å²) < 4.78 is 37.6. The van der Waals surface area contributed by atoms with Crippen molar-refractivity contribution in [2.75, 3.05) is 38.3 Å². The number of anilines is 1. The molecule has 1 atom stereocenters. The Morgan fingerprint density at radius 2 is 2.04 bits per heavy atom. The van der Waals surface area contributed by atoms with Crippen molar-refractivity contribution in [3.8, 4) is 5.75 Å². The third-order valence-corrected chi connectivity index (χ3v) is 6.60. The fraction of sp³-hybridized carbons (Fsp3) is 0.588. The summed E-state index contributed by atoms with van der Waals surface area (Å²) in [5.41, 5.74) is 0.779. The number of hydrogen-bond acceptors (Lipinski definition) is 6. The minimum Gasteiger partial charge on any atom is -0.489 e. The van der Waals surface area contributed by atoms with Crippen LogP contribution in [0.15, 0.2) is 23.1 Å². The van der Waals surface area contributed by atoms with Crippen molar-refractivity contribution >= 4 is 21.7 Å². The third kappa shape index (κ3) is 3.59. The van der Waals surface area contributed by atoms with Gasteiger partial charge in [-0.25, -0.2) is 8.42 Å². The van der Waals surface area contributed by atoms with E-state index in [4.69, 9.17) is 9.47 Å². The molecule has 0 N–H and O–H groups in total. The van der Waals surface area contributed by atoms with Crippen molar-refractivity contribution < 1.29 is 22.7 Å². The van der Waals surface area contributed by atoms with Gasteiger partial charge in [0.15, 0.2) is 0 Å². The molecule has 0 aliphatic carbocycles. The summed E-state index contributed by atoms with van der Waals surface area (Å²) in [4.78, 5) is 13.9. The van der Waals surface area contributed by atoms with Gasteiger partial charge in [0, 0.05) is 26.2 Å². The monoisotopic (exact) mass is 368 g/mol. The quantitative estimate of drug-likeness (QED) is 0.735. The topological polar surface area (TPSA) is 76.1 Å². The lowest BCUT2D eigenvalue weighted by molar-refractivity contribution is -0.143. The SMILES string of the molecule is CCOC(=O)C[C@H]1COc2cc(S(=O)(=O)N3CCCC3)ccc2N1C. The van der Waals surface area contributed by atoms with Crippen LogP contribution in [0.3, 0.4) is 0 Å². The molecular formula is C17H24N2O5S. The van der Waals surface area contributed by atoms with Crippen molar-refractivity contribution in [2.24, 2.45) is 0 Å². The van der Waals surface area contributed by atoms with Crippen LogP contribution < -0.4 is 9.64 Å². The van der Waals surface area contributed by atoms with Crippen LogP contribution in [-0.2, 0) is 19.6 Å². The number of ether oxygens (including phenoxy) is 2. The molecule has 0 saturated carbocycles. The molecule has 2 aliphatic heterocycles. The predicted molar refractivity (Wildman–Crippen MR) is 93.4 cm³/mol. The second-order valence-corrected chi connectivity index (χ2v) is 8.26. The fourth-order valence-corrected chi connectivity index (χ4v) is 4.78. The van der Waals surface area contributed by atoms with Crippen LogP contribution >= 0.6 is 0 Å². The van der Waals surface area contributed by atoms with Crippen molar-refractivity contribution in [2.45, 2.75) is 37.1 Å². The van der Waals surface area contributed by atoms with Gasteiger partial charge in [-0.05, 0) is 31.9 Å². The van der Waals surface area contributed by atoms with Gasteiger partial charge in [0.2, 0.25) is 10.0 Å². The van der Waals surface area contributed by atoms with Gasteiger partial charge in [0.25, 0.3) is 0 Å². The van der Waals surface area contributed by atoms with Crippen LogP contribution in [0.2, 0.25) is 0 Å². The van der Waals surface area contributed by atoms with Gasteiger partial charge < -0.3 is 14.4 Å². The largest absolute Gasteiger partial charge is 0.489 e. The molecule has 1 saturated heterocycles. The van der Waals surface area contributed by atoms with E-state index in [2.05, 4.69) is 0 Å². The maximum Gasteiger partial charge on any atom is 0.307 e. The number of rotatable bonds is 5. The molecule has 0 spiro atoms. The highest BCUT2D eigenvalue weighted by molar-refractivity contribution is 7.89. The molecule has 0 amide bonds. The lowest BCUT2D eigenvalue weighted by atomic mass is 10.1. The molecule has 25 heavy (non-hydrogen) atoms. The number of sulfonamides is 1. The van der Waals surface area contributed by atoms with Crippen LogP contribution in [0.5, 0.6) is 5.75 Å². The average molecular weight is 368 g/mol. The van der Waals surface area contributed by atoms with E-state index in [0.717, 1.165) is 18.5 Å². The molecule has 0 unspecified atom stereocenters. The smallest absolute Gasteiger partial charge is 0.307 e. The van der Waals surface area contributed by atoms with E-state index in [0.29, 0.717) is 32.1 Å². The minimum absolute atomic E-state index is 0.132. The first-order chi connectivity index (χ1) is 11.9. The Labute approximate surface area is 148 Å². The van der Waals surface area contributed by atoms with Crippen molar-refractivity contribution in [1.29, 1.82) is 0 Å². The molecular weight excluding hydrogens is 344 g/mol. The molecule has 1 fully saturated rings. The number of esters is 1. The number of carbonyl (C=O) groups excluding carboxylic acids is 1. The Morgan fingerprint density at radius 3 is 2.72 bits per heavy atom. The third-order valence-electron chi connectivity index (χ3n) is 4.70. The summed E-state index contributed by atoms with van der Waals surface area (Å²) in [6, 6.07) is 4.81. The van der Waals surface area contributed by atoms with Crippen LogP contribution in [0, 0.1) is 0 Å². The van der Waals surface area contributed by atoms with E-state index in [-0.39, 0.29) is 23.3 Å². The molecule has 0 bridgehead atoms. The molecule has 1 aromatic carbocycles. The summed E-state index contributed by atoms with van der Waals surface area (Å²) in [5.74, 6) is 0.266. The average Bonchev–Trinajstić information content (AvgIpc) is 3.13. The number of hydrogen-bond donors (Lipinski definition) is 0. The Kier molecular flexibility index (Phi) is 5.19. The fourth-order valence-electron chi connectivity index (χ4n) is 3.24. The highest BCUT2D eigenvalue weighted by Crippen LogP contribution is 2.36. The summed E-state index contributed by atoms with van der Waals surface area (Å²) in [6.07, 6.45) is 2.04. The molecule has 8 heteroatoms. The molecule has 0 radical (unpaired) electrons. The van der Waals surface area contributed by atoms with Gasteiger partial charge in [0.1, 0.15) is 12.4 Å². The van der Waals surface area contributed by atoms with E-state index in [1.54, 1.807) is 25.1 Å². The van der Waals surface area contributed by atoms with Gasteiger partial charge in [-0.2, -0.15) is 4.31 Å². The van der Waals surface area contributed by atoms with Crippen molar-refractivity contribution in [3.05, 3.63) is 18.2 Å². The summed E-state index contributed by atoms with van der Waals surface area (Å²) >= 11 is 0. The van der Waals surface area contributed by atoms with E-state index in [1.807, 2.05) is 11.9 Å². The zero-order valence-corrected chi connectivity index (χ0v) is 15.4. The lowest BCUT2D eigenvalue weighted by Gasteiger charge is -2.35. The Bertz CT molecular complexity index is 743. The second kappa shape index (κ2) is 7.21. The minimum atomic E-state index is -3.47. The van der Waals surface area contributed by atoms with Gasteiger partial charge in [0.05, 0.1) is 29.7 Å². The standard InChI is InChI=1S/C17H24N2O5S/c1-3-23-17(20)10-13-12-24-16-11-14(6-7-15(16)18(13)2)25(21,22)19-8-4-5-9-19/h6-7,11,13H,3-5,8-10,12H2,1-2H3/t13-/m0/s1. The molecule has 2 heterocycles. The maximum atomic E-state index is 12.7.